The fourth-order valence-corrected chi connectivity index (χ4v) is 4.35. The van der Waals surface area contributed by atoms with Gasteiger partial charge in [0, 0.05) is 41.3 Å². The Hall–Kier alpha value is -2.36. The Morgan fingerprint density at radius 3 is 2.66 bits per heavy atom. The van der Waals surface area contributed by atoms with Gasteiger partial charge in [0.05, 0.1) is 0 Å². The highest BCUT2D eigenvalue weighted by atomic mass is 35.5. The van der Waals surface area contributed by atoms with Crippen molar-refractivity contribution in [3.8, 4) is 0 Å². The van der Waals surface area contributed by atoms with Gasteiger partial charge in [-0.25, -0.2) is 0 Å². The molecule has 150 valence electrons. The van der Waals surface area contributed by atoms with Crippen LogP contribution in [0.4, 0.5) is 0 Å². The number of fused-ring (bicyclic) bond motifs is 1. The Morgan fingerprint density at radius 2 is 1.90 bits per heavy atom. The van der Waals surface area contributed by atoms with Crippen LogP contribution in [0.1, 0.15) is 28.8 Å². The average Bonchev–Trinajstić information content (AvgIpc) is 3.07. The van der Waals surface area contributed by atoms with Crippen molar-refractivity contribution in [3.05, 3.63) is 83.0 Å². The van der Waals surface area contributed by atoms with E-state index in [1.807, 2.05) is 36.0 Å². The SMILES string of the molecule is Cn1cc(C(=O)C=CC2CCN(CCc3ccccc3)CC2)c2cc(Cl)ccc21. The van der Waals surface area contributed by atoms with Crippen LogP contribution in [0.5, 0.6) is 0 Å². The minimum atomic E-state index is 0.0596. The Balaban J connectivity index is 1.32. The second-order valence-corrected chi connectivity index (χ2v) is 8.39. The van der Waals surface area contributed by atoms with E-state index in [1.165, 1.54) is 5.56 Å². The van der Waals surface area contributed by atoms with Crippen LogP contribution in [0, 0.1) is 5.92 Å². The van der Waals surface area contributed by atoms with E-state index in [-0.39, 0.29) is 5.78 Å². The van der Waals surface area contributed by atoms with Crippen molar-refractivity contribution in [3.63, 3.8) is 0 Å². The third-order valence-corrected chi connectivity index (χ3v) is 6.16. The van der Waals surface area contributed by atoms with Crippen LogP contribution in [0.3, 0.4) is 0 Å². The summed E-state index contributed by atoms with van der Waals surface area (Å²) in [7, 11) is 1.96. The van der Waals surface area contributed by atoms with E-state index >= 15 is 0 Å². The molecule has 1 fully saturated rings. The topological polar surface area (TPSA) is 25.2 Å². The van der Waals surface area contributed by atoms with Crippen LogP contribution in [0.2, 0.25) is 5.02 Å². The van der Waals surface area contributed by atoms with Crippen molar-refractivity contribution in [2.75, 3.05) is 19.6 Å². The molecule has 0 aliphatic carbocycles. The number of aryl methyl sites for hydroxylation is 1. The predicted molar refractivity (Wildman–Crippen MR) is 121 cm³/mol. The number of piperidine rings is 1. The molecular weight excluding hydrogens is 380 g/mol. The number of hydrogen-bond donors (Lipinski definition) is 0. The molecule has 2 heterocycles. The van der Waals surface area contributed by atoms with Gasteiger partial charge < -0.3 is 9.47 Å². The summed E-state index contributed by atoms with van der Waals surface area (Å²) in [4.78, 5) is 15.3. The largest absolute Gasteiger partial charge is 0.350 e. The Bertz CT molecular complexity index is 1010. The summed E-state index contributed by atoms with van der Waals surface area (Å²) in [5.41, 5.74) is 3.15. The lowest BCUT2D eigenvalue weighted by atomic mass is 9.95. The first-order chi connectivity index (χ1) is 14.1. The number of benzene rings is 2. The monoisotopic (exact) mass is 406 g/mol. The molecule has 4 heteroatoms. The van der Waals surface area contributed by atoms with Crippen molar-refractivity contribution in [2.24, 2.45) is 13.0 Å². The molecule has 0 spiro atoms. The molecule has 0 atom stereocenters. The molecule has 2 aromatic carbocycles. The highest BCUT2D eigenvalue weighted by molar-refractivity contribution is 6.31. The molecule has 29 heavy (non-hydrogen) atoms. The molecule has 0 saturated carbocycles. The second-order valence-electron chi connectivity index (χ2n) is 7.95. The summed E-state index contributed by atoms with van der Waals surface area (Å²) in [6.45, 7) is 3.30. The second kappa shape index (κ2) is 8.98. The highest BCUT2D eigenvalue weighted by Gasteiger charge is 2.18. The summed E-state index contributed by atoms with van der Waals surface area (Å²) >= 11 is 6.14. The van der Waals surface area contributed by atoms with E-state index in [2.05, 4.69) is 41.3 Å². The zero-order valence-electron chi connectivity index (χ0n) is 16.9. The van der Waals surface area contributed by atoms with Gasteiger partial charge in [0.2, 0.25) is 0 Å². The minimum Gasteiger partial charge on any atom is -0.350 e. The highest BCUT2D eigenvalue weighted by Crippen LogP contribution is 2.25. The van der Waals surface area contributed by atoms with Crippen molar-refractivity contribution in [1.29, 1.82) is 0 Å². The number of allylic oxidation sites excluding steroid dienone is 2. The summed E-state index contributed by atoms with van der Waals surface area (Å²) in [6, 6.07) is 16.4. The maximum Gasteiger partial charge on any atom is 0.187 e. The summed E-state index contributed by atoms with van der Waals surface area (Å²) in [6.07, 6.45) is 9.10. The summed E-state index contributed by atoms with van der Waals surface area (Å²) in [5, 5.41) is 1.58. The zero-order chi connectivity index (χ0) is 20.2. The molecule has 1 saturated heterocycles. The lowest BCUT2D eigenvalue weighted by Gasteiger charge is -2.30. The fraction of sp³-hybridized carbons (Fsp3) is 0.320. The number of carbonyl (C=O) groups is 1. The first-order valence-corrected chi connectivity index (χ1v) is 10.7. The Kier molecular flexibility index (Phi) is 6.17. The van der Waals surface area contributed by atoms with Crippen molar-refractivity contribution in [2.45, 2.75) is 19.3 Å². The van der Waals surface area contributed by atoms with E-state index in [4.69, 9.17) is 11.6 Å². The van der Waals surface area contributed by atoms with Gasteiger partial charge >= 0.3 is 0 Å². The normalized spacial score (nSPS) is 16.1. The third-order valence-electron chi connectivity index (χ3n) is 5.93. The lowest BCUT2D eigenvalue weighted by Crippen LogP contribution is -2.34. The lowest BCUT2D eigenvalue weighted by molar-refractivity contribution is 0.104. The van der Waals surface area contributed by atoms with Crippen LogP contribution in [0.15, 0.2) is 66.9 Å². The van der Waals surface area contributed by atoms with Gasteiger partial charge in [0.25, 0.3) is 0 Å². The fourth-order valence-electron chi connectivity index (χ4n) is 4.17. The number of aromatic nitrogens is 1. The molecule has 1 aromatic heterocycles. The van der Waals surface area contributed by atoms with Crippen molar-refractivity contribution < 1.29 is 4.79 Å². The smallest absolute Gasteiger partial charge is 0.187 e. The number of carbonyl (C=O) groups excluding carboxylic acids is 1. The number of ketones is 1. The van der Waals surface area contributed by atoms with Gasteiger partial charge in [-0.3, -0.25) is 4.79 Å². The molecule has 0 bridgehead atoms. The molecule has 3 aromatic rings. The molecule has 0 radical (unpaired) electrons. The van der Waals surface area contributed by atoms with Crippen LogP contribution in [-0.4, -0.2) is 34.9 Å². The van der Waals surface area contributed by atoms with Crippen molar-refractivity contribution in [1.82, 2.24) is 9.47 Å². The first-order valence-electron chi connectivity index (χ1n) is 10.3. The molecule has 4 rings (SSSR count). The van der Waals surface area contributed by atoms with Gasteiger partial charge in [0.15, 0.2) is 5.78 Å². The van der Waals surface area contributed by atoms with Gasteiger partial charge in [-0.05, 0) is 68.1 Å². The number of halogens is 1. The van der Waals surface area contributed by atoms with Crippen molar-refractivity contribution >= 4 is 28.3 Å². The van der Waals surface area contributed by atoms with Crippen LogP contribution in [0.25, 0.3) is 10.9 Å². The number of rotatable bonds is 6. The van der Waals surface area contributed by atoms with E-state index in [9.17, 15) is 4.79 Å². The third kappa shape index (κ3) is 4.80. The standard InChI is InChI=1S/C25H27ClN2O/c1-27-18-23(22-17-21(26)8-9-24(22)27)25(29)10-7-20-12-15-28(16-13-20)14-11-19-5-3-2-4-6-19/h2-10,17-18,20H,11-16H2,1H3. The molecular formula is C25H27ClN2O. The van der Waals surface area contributed by atoms with Gasteiger partial charge in [0.1, 0.15) is 0 Å². The maximum absolute atomic E-state index is 12.8. The molecule has 0 N–H and O–H groups in total. The summed E-state index contributed by atoms with van der Waals surface area (Å²) in [5.74, 6) is 0.537. The van der Waals surface area contributed by atoms with Crippen LogP contribution < -0.4 is 0 Å². The zero-order valence-corrected chi connectivity index (χ0v) is 17.6. The van der Waals surface area contributed by atoms with E-state index in [0.717, 1.165) is 55.4 Å². The maximum atomic E-state index is 12.8. The van der Waals surface area contributed by atoms with Gasteiger partial charge in [-0.15, -0.1) is 0 Å². The van der Waals surface area contributed by atoms with Crippen LogP contribution >= 0.6 is 11.6 Å². The predicted octanol–water partition coefficient (Wildman–Crippen LogP) is 5.53. The van der Waals surface area contributed by atoms with E-state index < -0.39 is 0 Å². The van der Waals surface area contributed by atoms with Crippen LogP contribution in [-0.2, 0) is 13.5 Å². The van der Waals surface area contributed by atoms with E-state index in [0.29, 0.717) is 10.9 Å². The quantitative estimate of drug-likeness (QED) is 0.397. The van der Waals surface area contributed by atoms with Gasteiger partial charge in [-0.1, -0.05) is 48.0 Å². The summed E-state index contributed by atoms with van der Waals surface area (Å²) < 4.78 is 1.98. The minimum absolute atomic E-state index is 0.0596. The average molecular weight is 407 g/mol. The Labute approximate surface area is 177 Å². The molecule has 0 amide bonds. The number of hydrogen-bond acceptors (Lipinski definition) is 2. The number of nitrogens with zero attached hydrogens (tertiary/aromatic N) is 2. The molecule has 0 unspecified atom stereocenters. The molecule has 1 aliphatic rings. The van der Waals surface area contributed by atoms with E-state index in [1.54, 1.807) is 6.08 Å². The van der Waals surface area contributed by atoms with Gasteiger partial charge in [-0.2, -0.15) is 0 Å². The number of likely N-dealkylation sites (tertiary alicyclic amines) is 1. The molecule has 1 aliphatic heterocycles. The molecule has 3 nitrogen and oxygen atoms in total. The first kappa shape index (κ1) is 19.9. The Morgan fingerprint density at radius 1 is 1.14 bits per heavy atom.